The molecular formula is C29H25F5N2O8S. The number of hydrogen-bond donors (Lipinski definition) is 3. The Morgan fingerprint density at radius 1 is 0.822 bits per heavy atom. The van der Waals surface area contributed by atoms with Crippen LogP contribution in [0.25, 0.3) is 11.1 Å². The first kappa shape index (κ1) is 33.3. The molecule has 0 saturated heterocycles. The van der Waals surface area contributed by atoms with E-state index >= 15 is 0 Å². The van der Waals surface area contributed by atoms with Crippen molar-refractivity contribution in [2.24, 2.45) is 0 Å². The first-order valence-corrected chi connectivity index (χ1v) is 15.0. The molecule has 4 rings (SSSR count). The third-order valence-electron chi connectivity index (χ3n) is 6.84. The van der Waals surface area contributed by atoms with E-state index in [1.807, 2.05) is 53.8 Å². The molecule has 0 saturated carbocycles. The Hall–Kier alpha value is -4.57. The van der Waals surface area contributed by atoms with Gasteiger partial charge < -0.3 is 20.1 Å². The minimum absolute atomic E-state index is 0.00491. The number of rotatable bonds is 12. The van der Waals surface area contributed by atoms with Crippen LogP contribution in [0.5, 0.6) is 5.75 Å². The van der Waals surface area contributed by atoms with Crippen LogP contribution in [0.1, 0.15) is 36.3 Å². The first-order valence-electron chi connectivity index (χ1n) is 13.3. The normalized spacial score (nSPS) is 13.0. The van der Waals surface area contributed by atoms with E-state index in [2.05, 4.69) is 10.1 Å². The lowest BCUT2D eigenvalue weighted by atomic mass is 9.98. The highest BCUT2D eigenvalue weighted by Gasteiger charge is 2.32. The molecule has 45 heavy (non-hydrogen) atoms. The second-order valence-electron chi connectivity index (χ2n) is 9.91. The van der Waals surface area contributed by atoms with Crippen LogP contribution >= 0.6 is 0 Å². The number of esters is 1. The maximum absolute atomic E-state index is 14.0. The van der Waals surface area contributed by atoms with Gasteiger partial charge >= 0.3 is 12.1 Å². The molecule has 1 aliphatic rings. The van der Waals surface area contributed by atoms with Crippen LogP contribution in [-0.4, -0.2) is 55.9 Å². The van der Waals surface area contributed by atoms with E-state index in [9.17, 15) is 44.8 Å². The molecule has 0 aromatic heterocycles. The van der Waals surface area contributed by atoms with Gasteiger partial charge in [0, 0.05) is 12.5 Å². The van der Waals surface area contributed by atoms with E-state index in [1.165, 1.54) is 0 Å². The Bertz CT molecular complexity index is 1660. The molecule has 0 heterocycles. The highest BCUT2D eigenvalue weighted by atomic mass is 32.2. The average molecular weight is 657 g/mol. The molecule has 0 radical (unpaired) electrons. The summed E-state index contributed by atoms with van der Waals surface area (Å²) in [6.07, 6.45) is -1.02. The maximum atomic E-state index is 14.0. The zero-order valence-corrected chi connectivity index (χ0v) is 23.9. The fourth-order valence-electron chi connectivity index (χ4n) is 4.81. The molecule has 0 fully saturated rings. The van der Waals surface area contributed by atoms with Gasteiger partial charge in [-0.25, -0.2) is 22.8 Å². The zero-order valence-electron chi connectivity index (χ0n) is 23.1. The first-order chi connectivity index (χ1) is 21.3. The van der Waals surface area contributed by atoms with E-state index in [4.69, 9.17) is 9.29 Å². The van der Waals surface area contributed by atoms with E-state index in [0.717, 1.165) is 22.3 Å². The second kappa shape index (κ2) is 14.0. The highest BCUT2D eigenvalue weighted by molar-refractivity contribution is 7.86. The molecule has 0 unspecified atom stereocenters. The number of ether oxygens (including phenoxy) is 2. The number of amides is 2. The van der Waals surface area contributed by atoms with Gasteiger partial charge in [0.25, 0.3) is 10.1 Å². The Morgan fingerprint density at radius 3 is 1.91 bits per heavy atom. The number of fused-ring (bicyclic) bond motifs is 3. The molecule has 3 aromatic rings. The lowest BCUT2D eigenvalue weighted by molar-refractivity contribution is -0.139. The molecule has 2 amide bonds. The molecule has 16 heteroatoms. The lowest BCUT2D eigenvalue weighted by Gasteiger charge is -2.18. The Kier molecular flexibility index (Phi) is 10.4. The lowest BCUT2D eigenvalue weighted by Crippen LogP contribution is -2.45. The summed E-state index contributed by atoms with van der Waals surface area (Å²) in [5.41, 5.74) is 4.09. The van der Waals surface area contributed by atoms with Crippen molar-refractivity contribution < 1.29 is 58.8 Å². The third-order valence-corrected chi connectivity index (χ3v) is 7.46. The van der Waals surface area contributed by atoms with Crippen molar-refractivity contribution in [3.8, 4) is 16.9 Å². The van der Waals surface area contributed by atoms with Gasteiger partial charge in [0.05, 0.1) is 0 Å². The third kappa shape index (κ3) is 7.94. The summed E-state index contributed by atoms with van der Waals surface area (Å²) < 4.78 is 109. The van der Waals surface area contributed by atoms with E-state index in [-0.39, 0.29) is 31.9 Å². The van der Waals surface area contributed by atoms with Crippen molar-refractivity contribution in [2.45, 2.75) is 31.2 Å². The predicted molar refractivity (Wildman–Crippen MR) is 147 cm³/mol. The largest absolute Gasteiger partial charge is 0.449 e. The molecule has 0 spiro atoms. The van der Waals surface area contributed by atoms with Gasteiger partial charge in [-0.05, 0) is 41.5 Å². The fraction of sp³-hybridized carbons (Fsp3) is 0.276. The molecule has 3 aromatic carbocycles. The van der Waals surface area contributed by atoms with E-state index < -0.39 is 81.1 Å². The number of halogens is 5. The number of benzene rings is 3. The Balaban J connectivity index is 1.32. The standard InChI is InChI=1S/C29H25F5N2O8S/c30-22-23(31)25(33)27(26(34)24(22)32)44-28(38)20(36-21(37)14-45(40,41)42)11-5-6-12-35-29(39)43-13-19-17-9-3-1-7-15(17)16-8-2-4-10-18(16)19/h1-4,7-10,19-20H,5-6,11-14H2,(H,35,39)(H,36,37)(H,40,41,42)/t20-/m0/s1. The molecule has 0 aliphatic heterocycles. The number of carbonyl (C=O) groups excluding carboxylic acids is 3. The van der Waals surface area contributed by atoms with Crippen LogP contribution in [0, 0.1) is 29.1 Å². The SMILES string of the molecule is O=C(CS(=O)(=O)O)N[C@@H](CCCCNC(=O)OCC1c2ccccc2-c2ccccc21)C(=O)Oc1c(F)c(F)c(F)c(F)c1F. The van der Waals surface area contributed by atoms with Gasteiger partial charge in [-0.1, -0.05) is 48.5 Å². The summed E-state index contributed by atoms with van der Waals surface area (Å²) in [5, 5.41) is 4.38. The zero-order chi connectivity index (χ0) is 32.9. The average Bonchev–Trinajstić information content (AvgIpc) is 3.32. The number of unbranched alkanes of at least 4 members (excludes halogenated alkanes) is 1. The quantitative estimate of drug-likeness (QED) is 0.0496. The summed E-state index contributed by atoms with van der Waals surface area (Å²) in [7, 11) is -4.85. The van der Waals surface area contributed by atoms with Crippen molar-refractivity contribution in [3.63, 3.8) is 0 Å². The van der Waals surface area contributed by atoms with Gasteiger partial charge in [0.2, 0.25) is 40.7 Å². The van der Waals surface area contributed by atoms with Gasteiger partial charge in [-0.2, -0.15) is 17.2 Å². The molecular weight excluding hydrogens is 631 g/mol. The van der Waals surface area contributed by atoms with Crippen molar-refractivity contribution in [2.75, 3.05) is 18.9 Å². The molecule has 1 atom stereocenters. The van der Waals surface area contributed by atoms with Crippen LogP contribution < -0.4 is 15.4 Å². The van der Waals surface area contributed by atoms with Crippen molar-refractivity contribution in [1.82, 2.24) is 10.6 Å². The van der Waals surface area contributed by atoms with Gasteiger partial charge in [-0.3, -0.25) is 9.35 Å². The summed E-state index contributed by atoms with van der Waals surface area (Å²) in [5.74, 6) is -18.9. The van der Waals surface area contributed by atoms with Crippen LogP contribution in [0.3, 0.4) is 0 Å². The fourth-order valence-corrected chi connectivity index (χ4v) is 5.22. The monoisotopic (exact) mass is 656 g/mol. The molecule has 240 valence electrons. The van der Waals surface area contributed by atoms with Crippen molar-refractivity contribution in [3.05, 3.63) is 88.7 Å². The van der Waals surface area contributed by atoms with Crippen molar-refractivity contribution >= 4 is 28.1 Å². The number of nitrogens with one attached hydrogen (secondary N) is 2. The number of alkyl carbamates (subject to hydrolysis) is 1. The molecule has 1 aliphatic carbocycles. The van der Waals surface area contributed by atoms with Crippen LogP contribution in [0.4, 0.5) is 26.7 Å². The number of hydrogen-bond acceptors (Lipinski definition) is 7. The smallest absolute Gasteiger partial charge is 0.407 e. The molecule has 3 N–H and O–H groups in total. The van der Waals surface area contributed by atoms with Crippen LogP contribution in [0.15, 0.2) is 48.5 Å². The highest BCUT2D eigenvalue weighted by Crippen LogP contribution is 2.44. The summed E-state index contributed by atoms with van der Waals surface area (Å²) in [6, 6.07) is 13.6. The summed E-state index contributed by atoms with van der Waals surface area (Å²) >= 11 is 0. The van der Waals surface area contributed by atoms with Gasteiger partial charge in [-0.15, -0.1) is 0 Å². The summed E-state index contributed by atoms with van der Waals surface area (Å²) in [6.45, 7) is 0.0420. The van der Waals surface area contributed by atoms with Crippen LogP contribution in [0.2, 0.25) is 0 Å². The van der Waals surface area contributed by atoms with E-state index in [0.29, 0.717) is 0 Å². The Morgan fingerprint density at radius 2 is 1.36 bits per heavy atom. The second-order valence-corrected chi connectivity index (χ2v) is 11.4. The predicted octanol–water partition coefficient (Wildman–Crippen LogP) is 4.37. The van der Waals surface area contributed by atoms with Crippen LogP contribution in [-0.2, 0) is 24.4 Å². The minimum Gasteiger partial charge on any atom is -0.449 e. The molecule has 0 bridgehead atoms. The Labute approximate surface area is 253 Å². The van der Waals surface area contributed by atoms with Crippen molar-refractivity contribution in [1.29, 1.82) is 0 Å². The molecule has 10 nitrogen and oxygen atoms in total. The van der Waals surface area contributed by atoms with E-state index in [1.54, 1.807) is 0 Å². The van der Waals surface area contributed by atoms with Gasteiger partial charge in [0.1, 0.15) is 12.6 Å². The van der Waals surface area contributed by atoms with Gasteiger partial charge in [0.15, 0.2) is 5.75 Å². The summed E-state index contributed by atoms with van der Waals surface area (Å²) in [4.78, 5) is 36.9. The maximum Gasteiger partial charge on any atom is 0.407 e. The topological polar surface area (TPSA) is 148 Å². The number of carbonyl (C=O) groups is 3. The minimum atomic E-state index is -4.85.